The van der Waals surface area contributed by atoms with E-state index in [2.05, 4.69) is 5.10 Å². The second-order valence-corrected chi connectivity index (χ2v) is 7.57. The van der Waals surface area contributed by atoms with Gasteiger partial charge < -0.3 is 4.90 Å². The largest absolute Gasteiger partial charge is 0.343 e. The van der Waals surface area contributed by atoms with Crippen LogP contribution in [0.15, 0.2) is 65.6 Å². The van der Waals surface area contributed by atoms with Gasteiger partial charge in [0, 0.05) is 34.4 Å². The number of nitrogens with zero attached hydrogens (tertiary/aromatic N) is 3. The fourth-order valence-corrected chi connectivity index (χ4v) is 4.00. The maximum atomic E-state index is 13.3. The molecule has 0 aliphatic carbocycles. The highest BCUT2D eigenvalue weighted by molar-refractivity contribution is 6.31. The fourth-order valence-electron chi connectivity index (χ4n) is 3.83. The van der Waals surface area contributed by atoms with Gasteiger partial charge in [-0.25, -0.2) is 0 Å². The first-order valence-electron chi connectivity index (χ1n) is 9.99. The van der Waals surface area contributed by atoms with E-state index in [4.69, 9.17) is 11.6 Å². The summed E-state index contributed by atoms with van der Waals surface area (Å²) in [5.41, 5.74) is 2.47. The molecule has 0 saturated heterocycles. The van der Waals surface area contributed by atoms with Crippen LogP contribution in [0.4, 0.5) is 0 Å². The lowest BCUT2D eigenvalue weighted by atomic mass is 10.00. The molecule has 2 heterocycles. The van der Waals surface area contributed by atoms with Gasteiger partial charge in [0.15, 0.2) is 0 Å². The number of pyridine rings is 1. The molecular weight excluding hydrogens is 398 g/mol. The van der Waals surface area contributed by atoms with Crippen molar-refractivity contribution in [2.24, 2.45) is 0 Å². The molecule has 2 aromatic carbocycles. The lowest BCUT2D eigenvalue weighted by Crippen LogP contribution is -2.32. The van der Waals surface area contributed by atoms with Gasteiger partial charge in [0.1, 0.15) is 0 Å². The molecule has 0 saturated carbocycles. The Hall–Kier alpha value is -3.18. The van der Waals surface area contributed by atoms with Crippen LogP contribution in [0.1, 0.15) is 19.4 Å². The van der Waals surface area contributed by atoms with Crippen molar-refractivity contribution in [2.45, 2.75) is 20.3 Å². The molecule has 0 atom stereocenters. The highest BCUT2D eigenvalue weighted by atomic mass is 35.5. The molecule has 0 fully saturated rings. The second kappa shape index (κ2) is 8.28. The molecule has 152 valence electrons. The molecule has 1 amide bonds. The number of fused-ring (bicyclic) bond motifs is 3. The molecule has 0 radical (unpaired) electrons. The second-order valence-electron chi connectivity index (χ2n) is 7.13. The molecule has 0 bridgehead atoms. The van der Waals surface area contributed by atoms with E-state index in [-0.39, 0.29) is 17.9 Å². The molecule has 4 rings (SSSR count). The molecule has 5 nitrogen and oxygen atoms in total. The van der Waals surface area contributed by atoms with Crippen molar-refractivity contribution in [3.63, 3.8) is 0 Å². The van der Waals surface area contributed by atoms with Gasteiger partial charge in [-0.2, -0.15) is 9.61 Å². The van der Waals surface area contributed by atoms with E-state index in [1.807, 2.05) is 62.4 Å². The third-order valence-electron chi connectivity index (χ3n) is 5.38. The van der Waals surface area contributed by atoms with Crippen molar-refractivity contribution in [1.29, 1.82) is 0 Å². The monoisotopic (exact) mass is 419 g/mol. The Morgan fingerprint density at radius 2 is 1.80 bits per heavy atom. The normalized spacial score (nSPS) is 11.2. The van der Waals surface area contributed by atoms with Crippen LogP contribution in [0.25, 0.3) is 27.4 Å². The van der Waals surface area contributed by atoms with Gasteiger partial charge in [-0.05, 0) is 43.2 Å². The van der Waals surface area contributed by atoms with Gasteiger partial charge in [0.2, 0.25) is 5.91 Å². The minimum Gasteiger partial charge on any atom is -0.343 e. The van der Waals surface area contributed by atoms with Crippen LogP contribution in [0.3, 0.4) is 0 Å². The predicted molar refractivity (Wildman–Crippen MR) is 121 cm³/mol. The standard InChI is InChI=1S/C24H22ClN3O2/c1-3-27(4-2)22(29)13-18-12-21(16-8-6-5-7-9-16)24(30)28-23(18)20-14-19(25)11-10-17(20)15-26-28/h5-12,14-15H,3-4,13H2,1-2H3. The summed E-state index contributed by atoms with van der Waals surface area (Å²) in [6.45, 7) is 5.19. The fraction of sp³-hybridized carbons (Fsp3) is 0.208. The average Bonchev–Trinajstić information content (AvgIpc) is 2.76. The highest BCUT2D eigenvalue weighted by Crippen LogP contribution is 2.27. The minimum absolute atomic E-state index is 0.0126. The van der Waals surface area contributed by atoms with Crippen molar-refractivity contribution in [3.8, 4) is 11.1 Å². The maximum absolute atomic E-state index is 13.3. The molecule has 0 aliphatic heterocycles. The average molecular weight is 420 g/mol. The lowest BCUT2D eigenvalue weighted by molar-refractivity contribution is -0.130. The zero-order chi connectivity index (χ0) is 21.3. The number of amides is 1. The van der Waals surface area contributed by atoms with Crippen molar-refractivity contribution >= 4 is 33.8 Å². The summed E-state index contributed by atoms with van der Waals surface area (Å²) in [6, 6.07) is 16.8. The number of halogens is 1. The van der Waals surface area contributed by atoms with Crippen LogP contribution >= 0.6 is 11.6 Å². The van der Waals surface area contributed by atoms with Crippen LogP contribution in [-0.4, -0.2) is 33.5 Å². The summed E-state index contributed by atoms with van der Waals surface area (Å²) < 4.78 is 1.39. The van der Waals surface area contributed by atoms with E-state index < -0.39 is 0 Å². The number of benzene rings is 2. The van der Waals surface area contributed by atoms with E-state index in [0.29, 0.717) is 29.2 Å². The molecule has 0 aliphatic rings. The third kappa shape index (κ3) is 3.57. The van der Waals surface area contributed by atoms with E-state index in [1.165, 1.54) is 4.52 Å². The molecule has 2 aromatic heterocycles. The summed E-state index contributed by atoms with van der Waals surface area (Å²) in [6.07, 6.45) is 1.84. The molecule has 6 heteroatoms. The van der Waals surface area contributed by atoms with Crippen LogP contribution in [0.5, 0.6) is 0 Å². The number of likely N-dealkylation sites (N-methyl/N-ethyl adjacent to an activating group) is 1. The Morgan fingerprint density at radius 3 is 2.50 bits per heavy atom. The van der Waals surface area contributed by atoms with E-state index in [0.717, 1.165) is 21.9 Å². The number of rotatable bonds is 5. The van der Waals surface area contributed by atoms with Crippen molar-refractivity contribution in [3.05, 3.63) is 81.7 Å². The number of carbonyl (C=O) groups excluding carboxylic acids is 1. The van der Waals surface area contributed by atoms with Gasteiger partial charge in [0.05, 0.1) is 18.1 Å². The number of hydrogen-bond donors (Lipinski definition) is 0. The first kappa shape index (κ1) is 20.1. The number of carbonyl (C=O) groups is 1. The first-order valence-corrected chi connectivity index (χ1v) is 10.4. The Labute approximate surface area is 179 Å². The van der Waals surface area contributed by atoms with E-state index >= 15 is 0 Å². The zero-order valence-corrected chi connectivity index (χ0v) is 17.7. The summed E-state index contributed by atoms with van der Waals surface area (Å²) in [5.74, 6) is 0.0126. The quantitative estimate of drug-likeness (QED) is 0.445. The van der Waals surface area contributed by atoms with Gasteiger partial charge >= 0.3 is 0 Å². The topological polar surface area (TPSA) is 54.7 Å². The zero-order valence-electron chi connectivity index (χ0n) is 16.9. The van der Waals surface area contributed by atoms with Gasteiger partial charge in [-0.1, -0.05) is 48.0 Å². The van der Waals surface area contributed by atoms with Gasteiger partial charge in [-0.3, -0.25) is 9.59 Å². The molecule has 0 N–H and O–H groups in total. The Bertz CT molecular complexity index is 1290. The summed E-state index contributed by atoms with van der Waals surface area (Å²) in [4.78, 5) is 28.0. The predicted octanol–water partition coefficient (Wildman–Crippen LogP) is 4.58. The Balaban J connectivity index is 2.04. The summed E-state index contributed by atoms with van der Waals surface area (Å²) in [5, 5.41) is 6.65. The van der Waals surface area contributed by atoms with Crippen LogP contribution in [-0.2, 0) is 11.2 Å². The third-order valence-corrected chi connectivity index (χ3v) is 5.62. The van der Waals surface area contributed by atoms with Crippen molar-refractivity contribution in [1.82, 2.24) is 14.5 Å². The van der Waals surface area contributed by atoms with Crippen LogP contribution < -0.4 is 5.56 Å². The van der Waals surface area contributed by atoms with Crippen molar-refractivity contribution < 1.29 is 4.79 Å². The lowest BCUT2D eigenvalue weighted by Gasteiger charge is -2.20. The van der Waals surface area contributed by atoms with E-state index in [1.54, 1.807) is 17.2 Å². The molecule has 30 heavy (non-hydrogen) atoms. The molecule has 4 aromatic rings. The minimum atomic E-state index is -0.225. The Morgan fingerprint density at radius 1 is 1.07 bits per heavy atom. The Kier molecular flexibility index (Phi) is 5.55. The molecule has 0 spiro atoms. The van der Waals surface area contributed by atoms with Crippen LogP contribution in [0, 0.1) is 0 Å². The SMILES string of the molecule is CCN(CC)C(=O)Cc1cc(-c2ccccc2)c(=O)n2ncc3ccc(Cl)cc3c12. The van der Waals surface area contributed by atoms with Gasteiger partial charge in [0.25, 0.3) is 5.56 Å². The number of aromatic nitrogens is 2. The highest BCUT2D eigenvalue weighted by Gasteiger charge is 2.19. The first-order chi connectivity index (χ1) is 14.5. The van der Waals surface area contributed by atoms with E-state index in [9.17, 15) is 9.59 Å². The summed E-state index contributed by atoms with van der Waals surface area (Å²) in [7, 11) is 0. The molecule has 0 unspecified atom stereocenters. The smallest absolute Gasteiger partial charge is 0.279 e. The van der Waals surface area contributed by atoms with Crippen molar-refractivity contribution in [2.75, 3.05) is 13.1 Å². The molecular formula is C24H22ClN3O2. The van der Waals surface area contributed by atoms with Crippen LogP contribution in [0.2, 0.25) is 5.02 Å². The number of hydrogen-bond acceptors (Lipinski definition) is 3. The maximum Gasteiger partial charge on any atom is 0.279 e. The van der Waals surface area contributed by atoms with Gasteiger partial charge in [-0.15, -0.1) is 0 Å². The summed E-state index contributed by atoms with van der Waals surface area (Å²) >= 11 is 6.26.